The number of amides is 1. The van der Waals surface area contributed by atoms with Gasteiger partial charge in [0, 0.05) is 40.3 Å². The smallest absolute Gasteiger partial charge is 0.253 e. The van der Waals surface area contributed by atoms with E-state index < -0.39 is 10.8 Å². The van der Waals surface area contributed by atoms with E-state index in [9.17, 15) is 9.00 Å². The zero-order valence-corrected chi connectivity index (χ0v) is 15.1. The van der Waals surface area contributed by atoms with Crippen molar-refractivity contribution in [3.8, 4) is 0 Å². The monoisotopic (exact) mass is 385 g/mol. The molecular weight excluding hydrogens is 370 g/mol. The van der Waals surface area contributed by atoms with Crippen molar-refractivity contribution in [1.82, 2.24) is 4.90 Å². The second kappa shape index (κ2) is 7.33. The lowest BCUT2D eigenvalue weighted by molar-refractivity contribution is 0.0786. The van der Waals surface area contributed by atoms with Crippen LogP contribution in [-0.2, 0) is 23.1 Å². The number of carbonyl (C=O) groups excluding carboxylic acids is 1. The summed E-state index contributed by atoms with van der Waals surface area (Å²) in [6.45, 7) is 0.582. The van der Waals surface area contributed by atoms with Crippen molar-refractivity contribution in [2.45, 2.75) is 12.3 Å². The van der Waals surface area contributed by atoms with E-state index in [0.717, 1.165) is 14.2 Å². The van der Waals surface area contributed by atoms with Crippen LogP contribution in [0.15, 0.2) is 40.2 Å². The number of benzene rings is 1. The lowest BCUT2D eigenvalue weighted by Crippen LogP contribution is -2.25. The maximum Gasteiger partial charge on any atom is 0.253 e. The summed E-state index contributed by atoms with van der Waals surface area (Å²) in [5, 5.41) is 0. The molecule has 1 heterocycles. The lowest BCUT2D eigenvalue weighted by atomic mass is 10.1. The predicted octanol–water partition coefficient (Wildman–Crippen LogP) is 3.66. The van der Waals surface area contributed by atoms with Crippen LogP contribution in [0.1, 0.15) is 20.8 Å². The Morgan fingerprint density at radius 3 is 2.71 bits per heavy atom. The Bertz CT molecular complexity index is 669. The second-order valence-corrected chi connectivity index (χ2v) is 8.77. The Morgan fingerprint density at radius 2 is 2.10 bits per heavy atom. The highest BCUT2D eigenvalue weighted by Crippen LogP contribution is 2.23. The minimum atomic E-state index is -0.906. The molecule has 3 nitrogen and oxygen atoms in total. The first kappa shape index (κ1) is 16.4. The Balaban J connectivity index is 2.09. The van der Waals surface area contributed by atoms with E-state index in [1.165, 1.54) is 0 Å². The maximum absolute atomic E-state index is 12.4. The van der Waals surface area contributed by atoms with Crippen LogP contribution >= 0.6 is 27.3 Å². The zero-order valence-electron chi connectivity index (χ0n) is 11.8. The van der Waals surface area contributed by atoms with Gasteiger partial charge in [-0.1, -0.05) is 12.1 Å². The van der Waals surface area contributed by atoms with Crippen LogP contribution in [0.2, 0.25) is 0 Å². The fourth-order valence-corrected chi connectivity index (χ4v) is 4.18. The molecule has 1 unspecified atom stereocenters. The molecule has 1 amide bonds. The largest absolute Gasteiger partial charge is 0.337 e. The molecule has 0 saturated carbocycles. The van der Waals surface area contributed by atoms with E-state index in [4.69, 9.17) is 0 Å². The molecule has 6 heteroatoms. The van der Waals surface area contributed by atoms with Crippen molar-refractivity contribution in [1.29, 1.82) is 0 Å². The number of carbonyl (C=O) groups is 1. The van der Waals surface area contributed by atoms with E-state index in [1.807, 2.05) is 30.3 Å². The summed E-state index contributed by atoms with van der Waals surface area (Å²) in [5.41, 5.74) is 1.56. The van der Waals surface area contributed by atoms with Crippen molar-refractivity contribution in [3.63, 3.8) is 0 Å². The quantitative estimate of drug-likeness (QED) is 0.787. The third kappa shape index (κ3) is 4.76. The van der Waals surface area contributed by atoms with Crippen molar-refractivity contribution in [3.05, 3.63) is 56.2 Å². The summed E-state index contributed by atoms with van der Waals surface area (Å²) >= 11 is 5.05. The van der Waals surface area contributed by atoms with Crippen molar-refractivity contribution < 1.29 is 9.00 Å². The van der Waals surface area contributed by atoms with E-state index in [2.05, 4.69) is 15.9 Å². The number of thiophene rings is 1. The molecule has 0 N–H and O–H groups in total. The van der Waals surface area contributed by atoms with Gasteiger partial charge in [-0.25, -0.2) is 0 Å². The van der Waals surface area contributed by atoms with E-state index >= 15 is 0 Å². The lowest BCUT2D eigenvalue weighted by Gasteiger charge is -2.16. The van der Waals surface area contributed by atoms with Crippen LogP contribution in [0.4, 0.5) is 0 Å². The minimum Gasteiger partial charge on any atom is -0.337 e. The molecule has 21 heavy (non-hydrogen) atoms. The molecular formula is C15H16BrNO2S2. The third-order valence-electron chi connectivity index (χ3n) is 2.91. The second-order valence-electron chi connectivity index (χ2n) is 4.78. The maximum atomic E-state index is 12.4. The van der Waals surface area contributed by atoms with Gasteiger partial charge in [0.2, 0.25) is 0 Å². The Morgan fingerprint density at radius 1 is 1.33 bits per heavy atom. The topological polar surface area (TPSA) is 37.4 Å². The van der Waals surface area contributed by atoms with E-state index in [-0.39, 0.29) is 5.91 Å². The van der Waals surface area contributed by atoms with Crippen molar-refractivity contribution in [2.75, 3.05) is 13.3 Å². The molecule has 1 aromatic carbocycles. The minimum absolute atomic E-state index is 0.0248. The van der Waals surface area contributed by atoms with Crippen LogP contribution in [0.3, 0.4) is 0 Å². The van der Waals surface area contributed by atoms with Gasteiger partial charge in [0.15, 0.2) is 0 Å². The molecule has 0 radical (unpaired) electrons. The van der Waals surface area contributed by atoms with Gasteiger partial charge < -0.3 is 4.90 Å². The summed E-state index contributed by atoms with van der Waals surface area (Å²) in [4.78, 5) is 15.3. The zero-order chi connectivity index (χ0) is 15.4. The highest BCUT2D eigenvalue weighted by atomic mass is 79.9. The molecule has 0 aliphatic carbocycles. The van der Waals surface area contributed by atoms with Crippen molar-refractivity contribution >= 4 is 44.0 Å². The van der Waals surface area contributed by atoms with Crippen LogP contribution in [-0.4, -0.2) is 28.3 Å². The average molecular weight is 386 g/mol. The van der Waals surface area contributed by atoms with Crippen LogP contribution in [0.25, 0.3) is 0 Å². The van der Waals surface area contributed by atoms with Gasteiger partial charge in [-0.2, -0.15) is 0 Å². The summed E-state index contributed by atoms with van der Waals surface area (Å²) < 4.78 is 12.3. The molecule has 0 spiro atoms. The highest BCUT2D eigenvalue weighted by Gasteiger charge is 2.13. The van der Waals surface area contributed by atoms with Gasteiger partial charge in [-0.05, 0) is 45.8 Å². The first-order chi connectivity index (χ1) is 9.95. The number of halogens is 1. The van der Waals surface area contributed by atoms with Gasteiger partial charge in [-0.3, -0.25) is 9.00 Å². The van der Waals surface area contributed by atoms with Crippen LogP contribution in [0.5, 0.6) is 0 Å². The van der Waals surface area contributed by atoms with Gasteiger partial charge in [-0.15, -0.1) is 11.3 Å². The number of hydrogen-bond donors (Lipinski definition) is 0. The highest BCUT2D eigenvalue weighted by molar-refractivity contribution is 9.11. The number of hydrogen-bond acceptors (Lipinski definition) is 3. The summed E-state index contributed by atoms with van der Waals surface area (Å²) in [5.74, 6) is 0.450. The van der Waals surface area contributed by atoms with Gasteiger partial charge in [0.05, 0.1) is 10.3 Å². The standard InChI is InChI=1S/C15H16BrNO2S2/c1-17(9-13-6-7-14(16)20-13)15(18)12-5-3-4-11(8-12)10-21(2)19/h3-8H,9-10H2,1-2H3. The number of rotatable bonds is 5. The van der Waals surface area contributed by atoms with Gasteiger partial charge >= 0.3 is 0 Å². The molecule has 2 rings (SSSR count). The first-order valence-electron chi connectivity index (χ1n) is 6.34. The Kier molecular flexibility index (Phi) is 5.72. The molecule has 0 fully saturated rings. The number of nitrogens with zero attached hydrogens (tertiary/aromatic N) is 1. The summed E-state index contributed by atoms with van der Waals surface area (Å²) in [6, 6.07) is 11.3. The Hall–Kier alpha value is -0.980. The van der Waals surface area contributed by atoms with Crippen LogP contribution < -0.4 is 0 Å². The summed E-state index contributed by atoms with van der Waals surface area (Å²) in [6.07, 6.45) is 1.66. The van der Waals surface area contributed by atoms with Crippen LogP contribution in [0, 0.1) is 0 Å². The molecule has 1 aromatic heterocycles. The normalized spacial score (nSPS) is 12.1. The molecule has 0 bridgehead atoms. The van der Waals surface area contributed by atoms with E-state index in [1.54, 1.807) is 35.6 Å². The van der Waals surface area contributed by atoms with Gasteiger partial charge in [0.1, 0.15) is 0 Å². The molecule has 1 atom stereocenters. The molecule has 0 aliphatic heterocycles. The molecule has 2 aromatic rings. The Labute approximate surface area is 139 Å². The fourth-order valence-electron chi connectivity index (χ4n) is 1.99. The van der Waals surface area contributed by atoms with Gasteiger partial charge in [0.25, 0.3) is 5.91 Å². The average Bonchev–Trinajstić information content (AvgIpc) is 2.82. The molecule has 112 valence electrons. The third-order valence-corrected chi connectivity index (χ3v) is 5.26. The SMILES string of the molecule is CN(Cc1ccc(Br)s1)C(=O)c1cccc(CS(C)=O)c1. The van der Waals surface area contributed by atoms with Crippen molar-refractivity contribution in [2.24, 2.45) is 0 Å². The first-order valence-corrected chi connectivity index (χ1v) is 9.68. The van der Waals surface area contributed by atoms with E-state index in [0.29, 0.717) is 17.9 Å². The fraction of sp³-hybridized carbons (Fsp3) is 0.267. The molecule has 0 saturated heterocycles. The summed E-state index contributed by atoms with van der Waals surface area (Å²) in [7, 11) is 0.886. The predicted molar refractivity (Wildman–Crippen MR) is 92.0 cm³/mol. The molecule has 0 aliphatic rings.